The lowest BCUT2D eigenvalue weighted by Crippen LogP contribution is -2.38. The van der Waals surface area contributed by atoms with E-state index in [0.29, 0.717) is 0 Å². The van der Waals surface area contributed by atoms with E-state index >= 15 is 0 Å². The van der Waals surface area contributed by atoms with Crippen LogP contribution in [-0.2, 0) is 9.47 Å². The van der Waals surface area contributed by atoms with E-state index in [4.69, 9.17) is 9.47 Å². The normalized spacial score (nSPS) is 37.0. The van der Waals surface area contributed by atoms with Gasteiger partial charge >= 0.3 is 0 Å². The molecule has 0 amide bonds. The van der Waals surface area contributed by atoms with Crippen LogP contribution >= 0.6 is 0 Å². The Labute approximate surface area is 59.0 Å². The summed E-state index contributed by atoms with van der Waals surface area (Å²) in [4.78, 5) is 0. The Kier molecular flexibility index (Phi) is 2.27. The molecule has 0 saturated carbocycles. The van der Waals surface area contributed by atoms with Crippen molar-refractivity contribution in [1.82, 2.24) is 0 Å². The van der Waals surface area contributed by atoms with Crippen LogP contribution in [0.15, 0.2) is 0 Å². The van der Waals surface area contributed by atoms with Crippen molar-refractivity contribution in [3.8, 4) is 0 Å². The molecule has 1 fully saturated rings. The average molecular weight is 146 g/mol. The van der Waals surface area contributed by atoms with Crippen LogP contribution in [0.2, 0.25) is 0 Å². The quantitative estimate of drug-likeness (QED) is 0.479. The second kappa shape index (κ2) is 2.81. The molecule has 0 bridgehead atoms. The van der Waals surface area contributed by atoms with E-state index in [1.54, 1.807) is 7.11 Å². The Morgan fingerprint density at radius 1 is 1.56 bits per heavy atom. The van der Waals surface area contributed by atoms with Crippen LogP contribution in [0.4, 0.5) is 0 Å². The summed E-state index contributed by atoms with van der Waals surface area (Å²) in [5, 5.41) is 0. The molecule has 1 unspecified atom stereocenters. The third kappa shape index (κ3) is 1.78. The van der Waals surface area contributed by atoms with Crippen molar-refractivity contribution in [2.45, 2.75) is 24.7 Å². The molecule has 0 spiro atoms. The first-order chi connectivity index (χ1) is 4.27. The first-order valence-electron chi connectivity index (χ1n) is 3.46. The lowest BCUT2D eigenvalue weighted by atomic mass is 10.2. The predicted octanol–water partition coefficient (Wildman–Crippen LogP) is -0.148. The van der Waals surface area contributed by atoms with Crippen molar-refractivity contribution in [2.75, 3.05) is 13.7 Å². The van der Waals surface area contributed by atoms with E-state index in [0.717, 1.165) is 23.3 Å². The Balaban J connectivity index is 2.37. The van der Waals surface area contributed by atoms with Crippen LogP contribution in [0.25, 0.3) is 0 Å². The van der Waals surface area contributed by atoms with E-state index < -0.39 is 0 Å². The van der Waals surface area contributed by atoms with Gasteiger partial charge in [0.25, 0.3) is 0 Å². The van der Waals surface area contributed by atoms with Gasteiger partial charge in [0, 0.05) is 13.7 Å². The summed E-state index contributed by atoms with van der Waals surface area (Å²) in [5.41, 5.74) is -0.141. The standard InChI is InChI=1S/C6H14O2Si/c1-7-6(9)4-2-3-5-8-6/h2-5H2,1,9H3. The van der Waals surface area contributed by atoms with Gasteiger partial charge in [0.15, 0.2) is 0 Å². The highest BCUT2D eigenvalue weighted by Crippen LogP contribution is 2.21. The van der Waals surface area contributed by atoms with Crippen molar-refractivity contribution in [3.05, 3.63) is 0 Å². The lowest BCUT2D eigenvalue weighted by Gasteiger charge is -2.32. The molecule has 0 aromatic heterocycles. The largest absolute Gasteiger partial charge is 0.358 e. The lowest BCUT2D eigenvalue weighted by molar-refractivity contribution is -0.182. The van der Waals surface area contributed by atoms with Gasteiger partial charge in [-0.3, -0.25) is 0 Å². The number of hydrogen-bond acceptors (Lipinski definition) is 2. The Bertz CT molecular complexity index is 89.1. The Morgan fingerprint density at radius 2 is 2.33 bits per heavy atom. The molecular formula is C6H14O2Si. The molecule has 1 rings (SSSR count). The maximum atomic E-state index is 5.45. The fourth-order valence-electron chi connectivity index (χ4n) is 1.07. The highest BCUT2D eigenvalue weighted by Gasteiger charge is 2.25. The molecule has 1 aliphatic rings. The molecule has 0 aromatic rings. The smallest absolute Gasteiger partial charge is 0.141 e. The van der Waals surface area contributed by atoms with Crippen LogP contribution in [-0.4, -0.2) is 29.4 Å². The number of rotatable bonds is 1. The molecule has 1 atom stereocenters. The highest BCUT2D eigenvalue weighted by atomic mass is 28.1. The minimum absolute atomic E-state index is 0.141. The molecule has 54 valence electrons. The monoisotopic (exact) mass is 146 g/mol. The van der Waals surface area contributed by atoms with Crippen LogP contribution in [0.5, 0.6) is 0 Å². The van der Waals surface area contributed by atoms with Gasteiger partial charge in [-0.1, -0.05) is 0 Å². The predicted molar refractivity (Wildman–Crippen MR) is 39.5 cm³/mol. The summed E-state index contributed by atoms with van der Waals surface area (Å²) in [6, 6.07) is 0. The third-order valence-electron chi connectivity index (χ3n) is 1.86. The van der Waals surface area contributed by atoms with Gasteiger partial charge in [0.05, 0.1) is 10.2 Å². The van der Waals surface area contributed by atoms with Gasteiger partial charge in [-0.15, -0.1) is 0 Å². The summed E-state index contributed by atoms with van der Waals surface area (Å²) in [6.07, 6.45) is 3.56. The van der Waals surface area contributed by atoms with Crippen molar-refractivity contribution >= 4 is 10.2 Å². The first kappa shape index (κ1) is 7.25. The van der Waals surface area contributed by atoms with Crippen LogP contribution in [0.3, 0.4) is 0 Å². The van der Waals surface area contributed by atoms with E-state index in [1.165, 1.54) is 12.8 Å². The van der Waals surface area contributed by atoms with Gasteiger partial charge in [-0.2, -0.15) is 0 Å². The fourth-order valence-corrected chi connectivity index (χ4v) is 1.63. The van der Waals surface area contributed by atoms with Gasteiger partial charge in [0.1, 0.15) is 5.41 Å². The highest BCUT2D eigenvalue weighted by molar-refractivity contribution is 6.13. The fraction of sp³-hybridized carbons (Fsp3) is 1.00. The minimum Gasteiger partial charge on any atom is -0.358 e. The van der Waals surface area contributed by atoms with Gasteiger partial charge in [-0.25, -0.2) is 0 Å². The van der Waals surface area contributed by atoms with Crippen LogP contribution < -0.4 is 0 Å². The zero-order valence-electron chi connectivity index (χ0n) is 6.14. The molecule has 0 aliphatic carbocycles. The van der Waals surface area contributed by atoms with Gasteiger partial charge in [-0.05, 0) is 19.3 Å². The molecule has 1 heterocycles. The zero-order valence-corrected chi connectivity index (χ0v) is 8.14. The van der Waals surface area contributed by atoms with Crippen LogP contribution in [0, 0.1) is 0 Å². The average Bonchev–Trinajstić information content (AvgIpc) is 1.90. The summed E-state index contributed by atoms with van der Waals surface area (Å²) >= 11 is 0. The summed E-state index contributed by atoms with van der Waals surface area (Å²) < 4.78 is 10.7. The van der Waals surface area contributed by atoms with Crippen molar-refractivity contribution < 1.29 is 9.47 Å². The van der Waals surface area contributed by atoms with Crippen LogP contribution in [0.1, 0.15) is 19.3 Å². The molecule has 1 aliphatic heterocycles. The molecule has 3 heteroatoms. The Morgan fingerprint density at radius 3 is 2.67 bits per heavy atom. The van der Waals surface area contributed by atoms with E-state index in [1.807, 2.05) is 0 Å². The Hall–Kier alpha value is 0.137. The van der Waals surface area contributed by atoms with Gasteiger partial charge < -0.3 is 9.47 Å². The molecule has 0 N–H and O–H groups in total. The SMILES string of the molecule is COC1([SiH3])CCCCO1. The number of ether oxygens (including phenoxy) is 2. The first-order valence-corrected chi connectivity index (χ1v) is 4.46. The van der Waals surface area contributed by atoms with E-state index in [-0.39, 0.29) is 5.41 Å². The molecule has 9 heavy (non-hydrogen) atoms. The maximum absolute atomic E-state index is 5.45. The van der Waals surface area contributed by atoms with E-state index in [2.05, 4.69) is 0 Å². The second-order valence-electron chi connectivity index (χ2n) is 2.64. The van der Waals surface area contributed by atoms with Crippen molar-refractivity contribution in [1.29, 1.82) is 0 Å². The molecular weight excluding hydrogens is 132 g/mol. The van der Waals surface area contributed by atoms with Gasteiger partial charge in [0.2, 0.25) is 0 Å². The topological polar surface area (TPSA) is 18.5 Å². The minimum atomic E-state index is -0.141. The summed E-state index contributed by atoms with van der Waals surface area (Å²) in [5.74, 6) is 0. The summed E-state index contributed by atoms with van der Waals surface area (Å²) in [7, 11) is 2.72. The number of methoxy groups -OCH3 is 1. The molecule has 2 nitrogen and oxygen atoms in total. The number of hydrogen-bond donors (Lipinski definition) is 0. The second-order valence-corrected chi connectivity index (χ2v) is 4.17. The molecule has 1 saturated heterocycles. The summed E-state index contributed by atoms with van der Waals surface area (Å²) in [6.45, 7) is 0.886. The van der Waals surface area contributed by atoms with Crippen molar-refractivity contribution in [2.24, 2.45) is 0 Å². The molecule has 0 aromatic carbocycles. The maximum Gasteiger partial charge on any atom is 0.141 e. The van der Waals surface area contributed by atoms with Crippen molar-refractivity contribution in [3.63, 3.8) is 0 Å². The zero-order chi connectivity index (χ0) is 6.74. The van der Waals surface area contributed by atoms with E-state index in [9.17, 15) is 0 Å². The third-order valence-corrected chi connectivity index (χ3v) is 3.06. The molecule has 0 radical (unpaired) electrons.